The van der Waals surface area contributed by atoms with Crippen molar-refractivity contribution in [1.29, 1.82) is 0 Å². The Labute approximate surface area is 199 Å². The van der Waals surface area contributed by atoms with Gasteiger partial charge in [-0.1, -0.05) is 31.8 Å². The highest BCUT2D eigenvalue weighted by Gasteiger charge is 2.38. The Morgan fingerprint density at radius 2 is 2.09 bits per heavy atom. The van der Waals surface area contributed by atoms with Crippen LogP contribution in [-0.2, 0) is 22.3 Å². The largest absolute Gasteiger partial charge is 0.416 e. The molecule has 1 aliphatic carbocycles. The molecule has 1 saturated carbocycles. The first-order valence-corrected chi connectivity index (χ1v) is 11.9. The zero-order chi connectivity index (χ0) is 24.5. The summed E-state index contributed by atoms with van der Waals surface area (Å²) in [4.78, 5) is 29.5. The Hall–Kier alpha value is -2.90. The summed E-state index contributed by atoms with van der Waals surface area (Å²) < 4.78 is 41.4. The van der Waals surface area contributed by atoms with E-state index in [-0.39, 0.29) is 36.3 Å². The van der Waals surface area contributed by atoms with Crippen molar-refractivity contribution in [1.82, 2.24) is 20.9 Å². The number of halogens is 3. The lowest BCUT2D eigenvalue weighted by atomic mass is 9.98. The lowest BCUT2D eigenvalue weighted by Gasteiger charge is -2.32. The van der Waals surface area contributed by atoms with Crippen LogP contribution in [0.5, 0.6) is 0 Å². The van der Waals surface area contributed by atoms with E-state index in [9.17, 15) is 22.8 Å². The molecule has 6 nitrogen and oxygen atoms in total. The fraction of sp³-hybridized carbons (Fsp3) is 0.458. The minimum absolute atomic E-state index is 0.0605. The lowest BCUT2D eigenvalue weighted by molar-refractivity contribution is -0.139. The van der Waals surface area contributed by atoms with E-state index in [2.05, 4.69) is 32.8 Å². The van der Waals surface area contributed by atoms with Gasteiger partial charge in [-0.25, -0.2) is 4.98 Å². The molecule has 180 valence electrons. The van der Waals surface area contributed by atoms with E-state index >= 15 is 0 Å². The maximum absolute atomic E-state index is 13.8. The molecule has 2 atom stereocenters. The molecule has 0 spiro atoms. The monoisotopic (exact) mass is 490 g/mol. The number of thiazole rings is 1. The summed E-state index contributed by atoms with van der Waals surface area (Å²) in [5.41, 5.74) is -0.450. The van der Waals surface area contributed by atoms with Crippen LogP contribution in [0.15, 0.2) is 24.4 Å². The summed E-state index contributed by atoms with van der Waals surface area (Å²) in [6, 6.07) is 3.16. The Balaban J connectivity index is 1.58. The Morgan fingerprint density at radius 1 is 1.32 bits per heavy atom. The number of benzene rings is 1. The molecule has 1 aromatic carbocycles. The second-order valence-electron chi connectivity index (χ2n) is 8.82. The molecule has 2 aliphatic rings. The van der Waals surface area contributed by atoms with Crippen molar-refractivity contribution < 1.29 is 22.8 Å². The number of rotatable bonds is 5. The quantitative estimate of drug-likeness (QED) is 0.553. The van der Waals surface area contributed by atoms with Crippen molar-refractivity contribution in [2.45, 2.75) is 58.0 Å². The van der Waals surface area contributed by atoms with Crippen molar-refractivity contribution in [3.63, 3.8) is 0 Å². The van der Waals surface area contributed by atoms with Gasteiger partial charge in [-0.15, -0.1) is 11.3 Å². The SMILES string of the molecule is CC(C)C(=O)NCc1ccc(C(F)(F)F)c(C2NC(=O)CC(c3ncc(C#CC4CC4)s3)N2)c1. The van der Waals surface area contributed by atoms with Gasteiger partial charge in [0.05, 0.1) is 22.7 Å². The molecule has 1 saturated heterocycles. The number of carbonyl (C=O) groups excluding carboxylic acids is 2. The summed E-state index contributed by atoms with van der Waals surface area (Å²) >= 11 is 1.34. The third kappa shape index (κ3) is 5.96. The van der Waals surface area contributed by atoms with Crippen molar-refractivity contribution in [3.8, 4) is 11.8 Å². The predicted molar refractivity (Wildman–Crippen MR) is 121 cm³/mol. The van der Waals surface area contributed by atoms with Gasteiger partial charge < -0.3 is 10.6 Å². The number of nitrogens with one attached hydrogen (secondary N) is 3. The van der Waals surface area contributed by atoms with E-state index < -0.39 is 23.9 Å². The number of hydrogen-bond acceptors (Lipinski definition) is 5. The zero-order valence-corrected chi connectivity index (χ0v) is 19.6. The van der Waals surface area contributed by atoms with E-state index in [0.717, 1.165) is 23.8 Å². The Kier molecular flexibility index (Phi) is 6.96. The third-order valence-corrected chi connectivity index (χ3v) is 6.61. The van der Waals surface area contributed by atoms with Crippen LogP contribution < -0.4 is 16.0 Å². The molecule has 2 aromatic rings. The topological polar surface area (TPSA) is 83.1 Å². The molecular formula is C24H25F3N4O2S. The van der Waals surface area contributed by atoms with Crippen molar-refractivity contribution in [2.75, 3.05) is 0 Å². The number of aromatic nitrogens is 1. The highest BCUT2D eigenvalue weighted by molar-refractivity contribution is 7.12. The maximum atomic E-state index is 13.8. The van der Waals surface area contributed by atoms with Crippen molar-refractivity contribution in [2.24, 2.45) is 11.8 Å². The van der Waals surface area contributed by atoms with Gasteiger partial charge in [0.1, 0.15) is 11.2 Å². The summed E-state index contributed by atoms with van der Waals surface area (Å²) in [6.07, 6.45) is -1.77. The van der Waals surface area contributed by atoms with Crippen LogP contribution in [0.25, 0.3) is 0 Å². The van der Waals surface area contributed by atoms with Gasteiger partial charge in [0.15, 0.2) is 0 Å². The average Bonchev–Trinajstić information content (AvgIpc) is 3.49. The predicted octanol–water partition coefficient (Wildman–Crippen LogP) is 4.05. The normalized spacial score (nSPS) is 20.5. The standard InChI is InChI=1S/C24H25F3N4O2S/c1-13(2)22(33)28-11-15-6-8-18(24(25,26)27)17(9-15)21-30-19(10-20(32)31-21)23-29-12-16(34-23)7-5-14-3-4-14/h6,8-9,12-14,19,21,30H,3-4,10-11H2,1-2H3,(H,28,33)(H,31,32). The number of alkyl halides is 3. The van der Waals surface area contributed by atoms with Crippen LogP contribution in [0.1, 0.15) is 71.9 Å². The van der Waals surface area contributed by atoms with Crippen LogP contribution in [0, 0.1) is 23.7 Å². The van der Waals surface area contributed by atoms with E-state index in [4.69, 9.17) is 0 Å². The number of carbonyl (C=O) groups is 2. The summed E-state index contributed by atoms with van der Waals surface area (Å²) in [5.74, 6) is 5.86. The van der Waals surface area contributed by atoms with Crippen LogP contribution in [0.2, 0.25) is 0 Å². The van der Waals surface area contributed by atoms with Crippen LogP contribution >= 0.6 is 11.3 Å². The number of amides is 2. The van der Waals surface area contributed by atoms with Gasteiger partial charge in [-0.2, -0.15) is 13.2 Å². The van der Waals surface area contributed by atoms with E-state index in [1.165, 1.54) is 23.5 Å². The maximum Gasteiger partial charge on any atom is 0.416 e. The highest BCUT2D eigenvalue weighted by atomic mass is 32.1. The highest BCUT2D eigenvalue weighted by Crippen LogP contribution is 2.37. The number of nitrogens with zero attached hydrogens (tertiary/aromatic N) is 1. The molecule has 1 aromatic heterocycles. The molecule has 4 rings (SSSR count). The fourth-order valence-corrected chi connectivity index (χ4v) is 4.39. The first-order chi connectivity index (χ1) is 16.1. The molecule has 0 bridgehead atoms. The summed E-state index contributed by atoms with van der Waals surface area (Å²) in [6.45, 7) is 3.55. The van der Waals surface area contributed by atoms with Crippen LogP contribution in [0.3, 0.4) is 0 Å². The summed E-state index contributed by atoms with van der Waals surface area (Å²) in [5, 5.41) is 9.05. The minimum atomic E-state index is -4.61. The smallest absolute Gasteiger partial charge is 0.352 e. The minimum Gasteiger partial charge on any atom is -0.352 e. The molecule has 34 heavy (non-hydrogen) atoms. The van der Waals surface area contributed by atoms with Crippen LogP contribution in [0.4, 0.5) is 13.2 Å². The van der Waals surface area contributed by atoms with Gasteiger partial charge >= 0.3 is 6.18 Å². The van der Waals surface area contributed by atoms with Gasteiger partial charge in [-0.3, -0.25) is 14.9 Å². The zero-order valence-electron chi connectivity index (χ0n) is 18.8. The second-order valence-corrected chi connectivity index (χ2v) is 9.88. The summed E-state index contributed by atoms with van der Waals surface area (Å²) in [7, 11) is 0. The molecule has 2 unspecified atom stereocenters. The molecule has 3 N–H and O–H groups in total. The molecule has 1 aliphatic heterocycles. The van der Waals surface area contributed by atoms with Gasteiger partial charge in [0.25, 0.3) is 0 Å². The lowest BCUT2D eigenvalue weighted by Crippen LogP contribution is -2.47. The van der Waals surface area contributed by atoms with E-state index in [0.29, 0.717) is 16.5 Å². The van der Waals surface area contributed by atoms with Crippen molar-refractivity contribution >= 4 is 23.2 Å². The Morgan fingerprint density at radius 3 is 2.76 bits per heavy atom. The van der Waals surface area contributed by atoms with Crippen LogP contribution in [-0.4, -0.2) is 16.8 Å². The Bertz CT molecular complexity index is 1150. The van der Waals surface area contributed by atoms with Gasteiger partial charge in [0.2, 0.25) is 11.8 Å². The number of hydrogen-bond donors (Lipinski definition) is 3. The van der Waals surface area contributed by atoms with E-state index in [1.807, 2.05) is 0 Å². The molecule has 2 amide bonds. The third-order valence-electron chi connectivity index (χ3n) is 5.58. The van der Waals surface area contributed by atoms with Gasteiger partial charge in [0, 0.05) is 30.4 Å². The van der Waals surface area contributed by atoms with Gasteiger partial charge in [-0.05, 0) is 30.5 Å². The van der Waals surface area contributed by atoms with E-state index in [1.54, 1.807) is 20.0 Å². The fourth-order valence-electron chi connectivity index (χ4n) is 3.55. The molecule has 0 radical (unpaired) electrons. The molecular weight excluding hydrogens is 465 g/mol. The first-order valence-electron chi connectivity index (χ1n) is 11.1. The first kappa shape index (κ1) is 24.2. The molecule has 2 fully saturated rings. The average molecular weight is 491 g/mol. The van der Waals surface area contributed by atoms with Crippen molar-refractivity contribution in [3.05, 3.63) is 51.0 Å². The molecule has 10 heteroatoms. The second kappa shape index (κ2) is 9.76. The molecule has 2 heterocycles.